The van der Waals surface area contributed by atoms with Crippen LogP contribution >= 0.6 is 7.82 Å². The Morgan fingerprint density at radius 3 is 1.47 bits per heavy atom. The van der Waals surface area contributed by atoms with Crippen molar-refractivity contribution in [2.45, 2.75) is 212 Å². The molecule has 53 heavy (non-hydrogen) atoms. The van der Waals surface area contributed by atoms with E-state index in [0.29, 0.717) is 17.4 Å². The van der Waals surface area contributed by atoms with Crippen LogP contribution in [0, 0.1) is 0 Å². The van der Waals surface area contributed by atoms with Gasteiger partial charge in [-0.2, -0.15) is 0 Å². The number of carbonyl (C=O) groups excluding carboxylic acids is 1. The number of nitrogens with zero attached hydrogens (tertiary/aromatic N) is 1. The third kappa shape index (κ3) is 39.0. The average molecular weight is 771 g/mol. The molecule has 0 aromatic carbocycles. The number of rotatable bonds is 40. The molecule has 0 aromatic rings. The van der Waals surface area contributed by atoms with Crippen LogP contribution in [0.1, 0.15) is 200 Å². The molecule has 0 heterocycles. The lowest BCUT2D eigenvalue weighted by molar-refractivity contribution is -0.870. The number of aliphatic hydroxyl groups excluding tert-OH is 1. The van der Waals surface area contributed by atoms with Crippen LogP contribution in [-0.4, -0.2) is 68.5 Å². The van der Waals surface area contributed by atoms with Gasteiger partial charge < -0.3 is 28.8 Å². The summed E-state index contributed by atoms with van der Waals surface area (Å²) >= 11 is 0. The zero-order chi connectivity index (χ0) is 39.3. The second-order valence-corrected chi connectivity index (χ2v) is 17.8. The minimum Gasteiger partial charge on any atom is -0.756 e. The van der Waals surface area contributed by atoms with Gasteiger partial charge in [0.2, 0.25) is 5.91 Å². The molecule has 8 nitrogen and oxygen atoms in total. The number of hydrogen-bond acceptors (Lipinski definition) is 6. The molecule has 314 valence electrons. The maximum atomic E-state index is 12.8. The van der Waals surface area contributed by atoms with Crippen LogP contribution in [0.3, 0.4) is 0 Å². The summed E-state index contributed by atoms with van der Waals surface area (Å²) in [7, 11) is 1.26. The number of phosphoric ester groups is 1. The number of nitrogens with one attached hydrogen (secondary N) is 1. The Hall–Kier alpha value is -1.02. The minimum absolute atomic E-state index is 0.000869. The number of hydrogen-bond donors (Lipinski definition) is 2. The number of likely N-dealkylation sites (N-methyl/N-ethyl adjacent to an activating group) is 1. The molecule has 0 radical (unpaired) electrons. The quantitative estimate of drug-likeness (QED) is 0.0278. The Morgan fingerprint density at radius 1 is 0.642 bits per heavy atom. The summed E-state index contributed by atoms with van der Waals surface area (Å²) in [6.45, 7) is 4.63. The van der Waals surface area contributed by atoms with Crippen molar-refractivity contribution in [3.63, 3.8) is 0 Å². The van der Waals surface area contributed by atoms with Crippen LogP contribution in [0.15, 0.2) is 24.3 Å². The highest BCUT2D eigenvalue weighted by molar-refractivity contribution is 7.45. The molecule has 2 N–H and O–H groups in total. The third-order valence-electron chi connectivity index (χ3n) is 9.91. The molecule has 3 atom stereocenters. The molecule has 3 unspecified atom stereocenters. The average Bonchev–Trinajstić information content (AvgIpc) is 3.10. The SMILES string of the molecule is CCCCCCCCC/C=C\CCCCCCCCCC(=O)NC(COP(=O)([O-])OCC[N+](C)(C)C)C(O)/C=C/CCCCCCCCCCCCC. The highest BCUT2D eigenvalue weighted by Crippen LogP contribution is 2.38. The minimum atomic E-state index is -4.58. The van der Waals surface area contributed by atoms with Crippen molar-refractivity contribution in [3.8, 4) is 0 Å². The van der Waals surface area contributed by atoms with Gasteiger partial charge in [-0.1, -0.05) is 173 Å². The molecule has 0 bridgehead atoms. The van der Waals surface area contributed by atoms with Gasteiger partial charge in [-0.15, -0.1) is 0 Å². The number of quaternary nitrogens is 1. The maximum Gasteiger partial charge on any atom is 0.268 e. The first-order valence-corrected chi connectivity index (χ1v) is 23.7. The van der Waals surface area contributed by atoms with Gasteiger partial charge in [0, 0.05) is 6.42 Å². The third-order valence-corrected chi connectivity index (χ3v) is 10.9. The van der Waals surface area contributed by atoms with Crippen molar-refractivity contribution in [3.05, 3.63) is 24.3 Å². The molecule has 0 aromatic heterocycles. The number of unbranched alkanes of at least 4 members (excludes halogenated alkanes) is 25. The van der Waals surface area contributed by atoms with Crippen molar-refractivity contribution in [2.75, 3.05) is 40.9 Å². The van der Waals surface area contributed by atoms with Crippen LogP contribution in [0.4, 0.5) is 0 Å². The molecule has 0 saturated carbocycles. The lowest BCUT2D eigenvalue weighted by atomic mass is 10.0. The van der Waals surface area contributed by atoms with E-state index < -0.39 is 20.0 Å². The molecular weight excluding hydrogens is 683 g/mol. The Labute approximate surface area is 328 Å². The molecule has 0 aliphatic carbocycles. The van der Waals surface area contributed by atoms with Crippen molar-refractivity contribution >= 4 is 13.7 Å². The van der Waals surface area contributed by atoms with E-state index in [-0.39, 0.29) is 19.1 Å². The van der Waals surface area contributed by atoms with Gasteiger partial charge in [-0.3, -0.25) is 9.36 Å². The Bertz CT molecular complexity index is 922. The summed E-state index contributed by atoms with van der Waals surface area (Å²) in [5, 5.41) is 13.8. The second kappa shape index (κ2) is 36.6. The maximum absolute atomic E-state index is 12.8. The van der Waals surface area contributed by atoms with E-state index in [1.54, 1.807) is 6.08 Å². The van der Waals surface area contributed by atoms with Gasteiger partial charge in [0.25, 0.3) is 7.82 Å². The van der Waals surface area contributed by atoms with E-state index in [9.17, 15) is 19.4 Å². The van der Waals surface area contributed by atoms with Gasteiger partial charge in [-0.05, 0) is 44.9 Å². The van der Waals surface area contributed by atoms with E-state index >= 15 is 0 Å². The normalized spacial score (nSPS) is 14.6. The number of phosphoric acid groups is 1. The lowest BCUT2D eigenvalue weighted by Gasteiger charge is -2.29. The van der Waals surface area contributed by atoms with Gasteiger partial charge in [0.1, 0.15) is 13.2 Å². The number of amides is 1. The molecule has 0 aliphatic rings. The van der Waals surface area contributed by atoms with Crippen molar-refractivity contribution in [2.24, 2.45) is 0 Å². The molecule has 0 spiro atoms. The summed E-state index contributed by atoms with van der Waals surface area (Å²) in [5.41, 5.74) is 0. The van der Waals surface area contributed by atoms with E-state index in [1.807, 2.05) is 27.2 Å². The van der Waals surface area contributed by atoms with E-state index in [2.05, 4.69) is 31.3 Å². The summed E-state index contributed by atoms with van der Waals surface area (Å²) in [6.07, 6.45) is 42.1. The van der Waals surface area contributed by atoms with E-state index in [0.717, 1.165) is 38.5 Å². The topological polar surface area (TPSA) is 108 Å². The first-order valence-electron chi connectivity index (χ1n) is 22.2. The molecule has 0 aliphatic heterocycles. The van der Waals surface area contributed by atoms with Gasteiger partial charge in [0.15, 0.2) is 0 Å². The Morgan fingerprint density at radius 2 is 1.04 bits per heavy atom. The summed E-state index contributed by atoms with van der Waals surface area (Å²) in [5.74, 6) is -0.202. The van der Waals surface area contributed by atoms with Gasteiger partial charge >= 0.3 is 0 Å². The van der Waals surface area contributed by atoms with E-state index in [4.69, 9.17) is 9.05 Å². The van der Waals surface area contributed by atoms with Crippen LogP contribution in [0.25, 0.3) is 0 Å². The fraction of sp³-hybridized carbons (Fsp3) is 0.886. The van der Waals surface area contributed by atoms with Crippen LogP contribution in [-0.2, 0) is 18.4 Å². The highest BCUT2D eigenvalue weighted by Gasteiger charge is 2.23. The summed E-state index contributed by atoms with van der Waals surface area (Å²) < 4.78 is 23.2. The first-order chi connectivity index (χ1) is 25.5. The van der Waals surface area contributed by atoms with Crippen molar-refractivity contribution in [1.29, 1.82) is 0 Å². The molecule has 0 rings (SSSR count). The lowest BCUT2D eigenvalue weighted by Crippen LogP contribution is -2.45. The van der Waals surface area contributed by atoms with Gasteiger partial charge in [-0.25, -0.2) is 0 Å². The summed E-state index contributed by atoms with van der Waals surface area (Å²) in [6, 6.07) is -0.884. The van der Waals surface area contributed by atoms with Crippen molar-refractivity contribution < 1.29 is 32.9 Å². The van der Waals surface area contributed by atoms with Gasteiger partial charge in [0.05, 0.1) is 39.9 Å². The number of aliphatic hydroxyl groups is 1. The Balaban J connectivity index is 4.40. The Kier molecular flexibility index (Phi) is 35.9. The predicted molar refractivity (Wildman–Crippen MR) is 224 cm³/mol. The molecule has 0 saturated heterocycles. The highest BCUT2D eigenvalue weighted by atomic mass is 31.2. The monoisotopic (exact) mass is 771 g/mol. The zero-order valence-electron chi connectivity index (χ0n) is 35.5. The van der Waals surface area contributed by atoms with Crippen molar-refractivity contribution in [1.82, 2.24) is 5.32 Å². The second-order valence-electron chi connectivity index (χ2n) is 16.4. The fourth-order valence-corrected chi connectivity index (χ4v) is 7.05. The zero-order valence-corrected chi connectivity index (χ0v) is 36.4. The van der Waals surface area contributed by atoms with E-state index in [1.165, 1.54) is 141 Å². The molecule has 9 heteroatoms. The molecule has 1 amide bonds. The largest absolute Gasteiger partial charge is 0.756 e. The smallest absolute Gasteiger partial charge is 0.268 e. The number of carbonyl (C=O) groups is 1. The fourth-order valence-electron chi connectivity index (χ4n) is 6.32. The first kappa shape index (κ1) is 52.0. The summed E-state index contributed by atoms with van der Waals surface area (Å²) in [4.78, 5) is 25.3. The van der Waals surface area contributed by atoms with Crippen LogP contribution < -0.4 is 10.2 Å². The predicted octanol–water partition coefficient (Wildman–Crippen LogP) is 11.5. The number of allylic oxidation sites excluding steroid dienone is 3. The van der Waals surface area contributed by atoms with Crippen LogP contribution in [0.5, 0.6) is 0 Å². The molecule has 0 fully saturated rings. The standard InChI is InChI=1S/C44H87N2O6P/c1-6-8-10-12-14-16-18-20-21-22-23-24-26-28-30-32-34-36-38-44(48)45-42(41-52-53(49,50)51-40-39-46(3,4)5)43(47)37-35-33-31-29-27-25-19-17-15-13-11-9-7-2/h21-22,35,37,42-43,47H,6-20,23-34,36,38-41H2,1-5H3,(H-,45,48,49,50)/b22-21-,37-35+. The molecular formula is C44H87N2O6P. The van der Waals surface area contributed by atoms with Crippen LogP contribution in [0.2, 0.25) is 0 Å².